The Labute approximate surface area is 65.6 Å². The van der Waals surface area contributed by atoms with Gasteiger partial charge in [0.05, 0.1) is 7.85 Å². The van der Waals surface area contributed by atoms with Crippen LogP contribution < -0.4 is 0 Å². The predicted molar refractivity (Wildman–Crippen MR) is 41.0 cm³/mol. The Hall–Kier alpha value is -1.12. The maximum atomic E-state index is 12.3. The summed E-state index contributed by atoms with van der Waals surface area (Å²) >= 11 is 0. The summed E-state index contributed by atoms with van der Waals surface area (Å²) in [4.78, 5) is 10.2. The Bertz CT molecular complexity index is 245. The van der Waals surface area contributed by atoms with Gasteiger partial charge >= 0.3 is 0 Å². The second-order valence-corrected chi connectivity index (χ2v) is 2.21. The smallest absolute Gasteiger partial charge is 0.123 e. The van der Waals surface area contributed by atoms with Gasteiger partial charge in [-0.3, -0.25) is 0 Å². The SMILES string of the molecule is [B]C(C=O)c1ccc(F)cc1. The highest BCUT2D eigenvalue weighted by molar-refractivity contribution is 6.20. The summed E-state index contributed by atoms with van der Waals surface area (Å²) in [5, 5.41) is 0. The Morgan fingerprint density at radius 2 is 1.91 bits per heavy atom. The summed E-state index contributed by atoms with van der Waals surface area (Å²) in [6.45, 7) is 0. The highest BCUT2D eigenvalue weighted by Crippen LogP contribution is 2.09. The first-order valence-electron chi connectivity index (χ1n) is 3.20. The van der Waals surface area contributed by atoms with Gasteiger partial charge in [-0.15, -0.1) is 0 Å². The van der Waals surface area contributed by atoms with Crippen molar-refractivity contribution in [2.45, 2.75) is 5.82 Å². The zero-order chi connectivity index (χ0) is 8.27. The normalized spacial score (nSPS) is 12.5. The van der Waals surface area contributed by atoms with Crippen molar-refractivity contribution in [3.8, 4) is 0 Å². The van der Waals surface area contributed by atoms with E-state index in [1.807, 2.05) is 0 Å². The number of aldehydes is 1. The molecule has 0 saturated heterocycles. The second kappa shape index (κ2) is 3.33. The first-order valence-corrected chi connectivity index (χ1v) is 3.20. The third kappa shape index (κ3) is 1.90. The molecule has 1 nitrogen and oxygen atoms in total. The van der Waals surface area contributed by atoms with Crippen LogP contribution >= 0.6 is 0 Å². The molecule has 0 aliphatic rings. The first kappa shape index (κ1) is 7.99. The van der Waals surface area contributed by atoms with Crippen LogP contribution in [0.5, 0.6) is 0 Å². The van der Waals surface area contributed by atoms with Crippen molar-refractivity contribution >= 4 is 14.1 Å². The minimum atomic E-state index is -0.643. The van der Waals surface area contributed by atoms with E-state index in [-0.39, 0.29) is 5.82 Å². The molecule has 0 amide bonds. The van der Waals surface area contributed by atoms with E-state index in [0.717, 1.165) is 0 Å². The van der Waals surface area contributed by atoms with Gasteiger partial charge in [-0.25, -0.2) is 4.39 Å². The quantitative estimate of drug-likeness (QED) is 0.455. The van der Waals surface area contributed by atoms with E-state index in [0.29, 0.717) is 11.8 Å². The molecule has 0 spiro atoms. The minimum Gasteiger partial charge on any atom is -0.304 e. The third-order valence-electron chi connectivity index (χ3n) is 1.40. The number of rotatable bonds is 2. The van der Waals surface area contributed by atoms with Crippen LogP contribution in [0.1, 0.15) is 11.4 Å². The lowest BCUT2D eigenvalue weighted by atomic mass is 9.82. The molecule has 11 heavy (non-hydrogen) atoms. The largest absolute Gasteiger partial charge is 0.304 e. The number of halogens is 1. The van der Waals surface area contributed by atoms with Crippen molar-refractivity contribution in [1.82, 2.24) is 0 Å². The number of hydrogen-bond acceptors (Lipinski definition) is 1. The van der Waals surface area contributed by atoms with Crippen molar-refractivity contribution in [2.75, 3.05) is 0 Å². The lowest BCUT2D eigenvalue weighted by Gasteiger charge is -2.01. The average molecular weight is 148 g/mol. The van der Waals surface area contributed by atoms with Crippen LogP contribution in [-0.4, -0.2) is 14.1 Å². The van der Waals surface area contributed by atoms with E-state index in [1.54, 1.807) is 0 Å². The molecule has 0 bridgehead atoms. The summed E-state index contributed by atoms with van der Waals surface area (Å²) in [6.07, 6.45) is 0.618. The van der Waals surface area contributed by atoms with Crippen molar-refractivity contribution < 1.29 is 9.18 Å². The van der Waals surface area contributed by atoms with Crippen LogP contribution in [0.3, 0.4) is 0 Å². The lowest BCUT2D eigenvalue weighted by molar-refractivity contribution is -0.107. The summed E-state index contributed by atoms with van der Waals surface area (Å²) < 4.78 is 12.3. The fraction of sp³-hybridized carbons (Fsp3) is 0.125. The molecule has 0 saturated carbocycles. The molecule has 1 atom stereocenters. The monoisotopic (exact) mass is 148 g/mol. The van der Waals surface area contributed by atoms with E-state index in [1.165, 1.54) is 24.3 Å². The number of hydrogen-bond donors (Lipinski definition) is 0. The van der Waals surface area contributed by atoms with Crippen molar-refractivity contribution in [3.63, 3.8) is 0 Å². The van der Waals surface area contributed by atoms with Crippen LogP contribution in [0.25, 0.3) is 0 Å². The molecule has 54 valence electrons. The van der Waals surface area contributed by atoms with Gasteiger partial charge in [-0.2, -0.15) is 0 Å². The average Bonchev–Trinajstić information content (AvgIpc) is 2.05. The Kier molecular flexibility index (Phi) is 2.42. The molecule has 0 N–H and O–H groups in total. The molecular weight excluding hydrogens is 142 g/mol. The first-order chi connectivity index (χ1) is 5.24. The molecule has 1 aromatic rings. The van der Waals surface area contributed by atoms with E-state index < -0.39 is 5.82 Å². The van der Waals surface area contributed by atoms with E-state index in [9.17, 15) is 9.18 Å². The van der Waals surface area contributed by atoms with Gasteiger partial charge in [0.25, 0.3) is 0 Å². The van der Waals surface area contributed by atoms with Gasteiger partial charge in [0, 0.05) is 5.82 Å². The molecule has 0 aliphatic carbocycles. The number of carbonyl (C=O) groups is 1. The zero-order valence-electron chi connectivity index (χ0n) is 5.83. The molecule has 1 rings (SSSR count). The van der Waals surface area contributed by atoms with Gasteiger partial charge in [0.2, 0.25) is 0 Å². The summed E-state index contributed by atoms with van der Waals surface area (Å²) in [5.41, 5.74) is 0.626. The fourth-order valence-corrected chi connectivity index (χ4v) is 0.764. The van der Waals surface area contributed by atoms with Crippen LogP contribution in [0, 0.1) is 5.82 Å². The number of carbonyl (C=O) groups excluding carboxylic acids is 1. The topological polar surface area (TPSA) is 17.1 Å². The fourth-order valence-electron chi connectivity index (χ4n) is 0.764. The molecule has 2 radical (unpaired) electrons. The minimum absolute atomic E-state index is 0.327. The van der Waals surface area contributed by atoms with Gasteiger partial charge in [-0.05, 0) is 17.7 Å². The van der Waals surface area contributed by atoms with Gasteiger partial charge in [0.15, 0.2) is 0 Å². The predicted octanol–water partition coefficient (Wildman–Crippen LogP) is 1.23. The highest BCUT2D eigenvalue weighted by Gasteiger charge is 2.01. The molecule has 0 aliphatic heterocycles. The molecule has 0 heterocycles. The third-order valence-corrected chi connectivity index (χ3v) is 1.40. The molecular formula is C8H6BFO. The summed E-state index contributed by atoms with van der Waals surface area (Å²) in [5.74, 6) is -0.970. The molecule has 1 aromatic carbocycles. The Morgan fingerprint density at radius 3 is 2.36 bits per heavy atom. The van der Waals surface area contributed by atoms with Crippen LogP contribution in [0.15, 0.2) is 24.3 Å². The Balaban J connectivity index is 2.89. The summed E-state index contributed by atoms with van der Waals surface area (Å²) in [6, 6.07) is 5.54. The van der Waals surface area contributed by atoms with Crippen LogP contribution in [0.2, 0.25) is 0 Å². The zero-order valence-corrected chi connectivity index (χ0v) is 5.83. The van der Waals surface area contributed by atoms with E-state index >= 15 is 0 Å². The van der Waals surface area contributed by atoms with Gasteiger partial charge < -0.3 is 4.79 Å². The molecule has 3 heteroatoms. The van der Waals surface area contributed by atoms with Gasteiger partial charge in [-0.1, -0.05) is 12.1 Å². The lowest BCUT2D eigenvalue weighted by Crippen LogP contribution is -1.98. The second-order valence-electron chi connectivity index (χ2n) is 2.21. The highest BCUT2D eigenvalue weighted by atomic mass is 19.1. The van der Waals surface area contributed by atoms with Crippen molar-refractivity contribution in [2.24, 2.45) is 0 Å². The van der Waals surface area contributed by atoms with Crippen LogP contribution in [-0.2, 0) is 4.79 Å². The van der Waals surface area contributed by atoms with E-state index in [4.69, 9.17) is 7.85 Å². The molecule has 0 aromatic heterocycles. The maximum absolute atomic E-state index is 12.3. The van der Waals surface area contributed by atoms with Crippen molar-refractivity contribution in [1.29, 1.82) is 0 Å². The van der Waals surface area contributed by atoms with Crippen LogP contribution in [0.4, 0.5) is 4.39 Å². The van der Waals surface area contributed by atoms with E-state index in [2.05, 4.69) is 0 Å². The molecule has 0 fully saturated rings. The standard InChI is InChI=1S/C8H6BFO/c9-8(5-11)6-1-3-7(10)4-2-6/h1-5,8H. The number of benzene rings is 1. The van der Waals surface area contributed by atoms with Gasteiger partial charge in [0.1, 0.15) is 12.1 Å². The summed E-state index contributed by atoms with van der Waals surface area (Å²) in [7, 11) is 5.35. The maximum Gasteiger partial charge on any atom is 0.123 e. The Morgan fingerprint density at radius 1 is 1.36 bits per heavy atom. The molecule has 1 unspecified atom stereocenters. The van der Waals surface area contributed by atoms with Crippen molar-refractivity contribution in [3.05, 3.63) is 35.6 Å².